The predicted molar refractivity (Wildman–Crippen MR) is 179 cm³/mol. The van der Waals surface area contributed by atoms with Gasteiger partial charge >= 0.3 is 12.4 Å². The van der Waals surface area contributed by atoms with E-state index in [9.17, 15) is 14.4 Å². The number of thiazole rings is 1. The van der Waals surface area contributed by atoms with E-state index in [1.165, 1.54) is 12.1 Å². The lowest BCUT2D eigenvalue weighted by Gasteiger charge is -2.33. The van der Waals surface area contributed by atoms with E-state index in [0.717, 1.165) is 62.9 Å². The first-order valence-electron chi connectivity index (χ1n) is 16.2. The molecule has 4 aromatic rings. The van der Waals surface area contributed by atoms with Crippen LogP contribution in [0, 0.1) is 28.9 Å². The number of carbonyl (C=O) groups excluding carboxylic acids is 1. The Bertz CT molecular complexity index is 2020. The van der Waals surface area contributed by atoms with Crippen molar-refractivity contribution in [2.45, 2.75) is 43.8 Å². The summed E-state index contributed by atoms with van der Waals surface area (Å²) in [5.74, 6) is -0.918. The van der Waals surface area contributed by atoms with Gasteiger partial charge in [-0.1, -0.05) is 22.9 Å². The van der Waals surface area contributed by atoms with Crippen molar-refractivity contribution in [1.82, 2.24) is 24.8 Å². The molecule has 2 unspecified atom stereocenters. The van der Waals surface area contributed by atoms with Crippen LogP contribution in [0.15, 0.2) is 18.2 Å². The number of anilines is 2. The van der Waals surface area contributed by atoms with Crippen LogP contribution in [0.2, 0.25) is 5.02 Å². The van der Waals surface area contributed by atoms with Crippen LogP contribution in [0.25, 0.3) is 32.2 Å². The fourth-order valence-electron chi connectivity index (χ4n) is 8.00. The molecule has 248 valence electrons. The summed E-state index contributed by atoms with van der Waals surface area (Å²) < 4.78 is 39.8. The number of halogens is 3. The number of nitrogen functional groups attached to an aromatic ring is 1. The van der Waals surface area contributed by atoms with E-state index in [2.05, 4.69) is 25.8 Å². The number of amides is 1. The van der Waals surface area contributed by atoms with Crippen LogP contribution in [-0.4, -0.2) is 99.5 Å². The van der Waals surface area contributed by atoms with E-state index in [4.69, 9.17) is 27.1 Å². The number of carbonyl (C=O) groups is 1. The highest BCUT2D eigenvalue weighted by molar-refractivity contribution is 7.22. The minimum atomic E-state index is -0.713. The Morgan fingerprint density at radius 1 is 1.17 bits per heavy atom. The maximum atomic E-state index is 16.9. The lowest BCUT2D eigenvalue weighted by molar-refractivity contribution is -0.499. The van der Waals surface area contributed by atoms with Gasteiger partial charge in [0.15, 0.2) is 17.2 Å². The Balaban J connectivity index is 1.25. The third kappa shape index (κ3) is 5.15. The third-order valence-electron chi connectivity index (χ3n) is 10.4. The standard InChI is InChI=1S/C33H33ClF2N9O2S/c34-22-13-21-27(26(36)25(22)20-3-4-23(35)29-28(20)39-31(38)48-29)40-32(47-17-33-6-1-8-45(33)9-2-7-33)41-30(21)43-11-12-44(18-46)24(16-43)42-10-5-19(14-37)15-42/h3-4,12-13,18-19,24H,1-2,5-11,15-17H2,(H2,38,39)/q+1. The molecule has 48 heavy (non-hydrogen) atoms. The number of rotatable bonds is 7. The van der Waals surface area contributed by atoms with Crippen LogP contribution in [0.4, 0.5) is 19.7 Å². The lowest BCUT2D eigenvalue weighted by atomic mass is 9.95. The monoisotopic (exact) mass is 692 g/mol. The quantitative estimate of drug-likeness (QED) is 0.216. The van der Waals surface area contributed by atoms with Crippen LogP contribution in [-0.2, 0) is 4.79 Å². The molecule has 2 atom stereocenters. The zero-order valence-electron chi connectivity index (χ0n) is 26.0. The Morgan fingerprint density at radius 2 is 1.98 bits per heavy atom. The van der Waals surface area contributed by atoms with Crippen molar-refractivity contribution in [1.29, 1.82) is 5.26 Å². The van der Waals surface area contributed by atoms with Gasteiger partial charge in [-0.2, -0.15) is 19.8 Å². The van der Waals surface area contributed by atoms with Gasteiger partial charge in [-0.05, 0) is 63.4 Å². The molecular formula is C33H33ClF2N9O2S+. The molecule has 1 amide bonds. The Hall–Kier alpha value is -4.03. The number of aromatic nitrogens is 3. The normalized spacial score (nSPS) is 22.7. The van der Waals surface area contributed by atoms with Gasteiger partial charge in [0.2, 0.25) is 6.17 Å². The molecule has 0 radical (unpaired) electrons. The van der Waals surface area contributed by atoms with Crippen LogP contribution in [0.1, 0.15) is 32.1 Å². The van der Waals surface area contributed by atoms with Gasteiger partial charge in [-0.25, -0.2) is 23.5 Å². The molecule has 3 fully saturated rings. The smallest absolute Gasteiger partial charge is 0.376 e. The molecule has 15 heteroatoms. The average Bonchev–Trinajstić information content (AvgIpc) is 3.88. The maximum absolute atomic E-state index is 16.9. The summed E-state index contributed by atoms with van der Waals surface area (Å²) in [5, 5.41) is 10.1. The molecule has 4 aliphatic heterocycles. The molecule has 0 spiro atoms. The van der Waals surface area contributed by atoms with Crippen LogP contribution in [0.3, 0.4) is 0 Å². The summed E-state index contributed by atoms with van der Waals surface area (Å²) in [4.78, 5) is 32.4. The molecule has 2 aromatic carbocycles. The van der Waals surface area contributed by atoms with Gasteiger partial charge in [0.25, 0.3) is 0 Å². The van der Waals surface area contributed by atoms with Crippen molar-refractivity contribution in [3.8, 4) is 23.2 Å². The second-order valence-corrected chi connectivity index (χ2v) is 14.5. The summed E-state index contributed by atoms with van der Waals surface area (Å²) in [7, 11) is 0. The van der Waals surface area contributed by atoms with E-state index in [1.807, 2.05) is 4.90 Å². The molecule has 8 rings (SSSR count). The summed E-state index contributed by atoms with van der Waals surface area (Å²) in [6, 6.07) is 6.70. The van der Waals surface area contributed by atoms with E-state index < -0.39 is 11.6 Å². The number of nitrogens with zero attached hydrogens (tertiary/aromatic N) is 8. The first-order chi connectivity index (χ1) is 23.3. The first-order valence-corrected chi connectivity index (χ1v) is 17.3. The van der Waals surface area contributed by atoms with E-state index in [1.54, 1.807) is 16.9 Å². The van der Waals surface area contributed by atoms with E-state index >= 15 is 4.39 Å². The van der Waals surface area contributed by atoms with Crippen molar-refractivity contribution < 1.29 is 22.9 Å². The maximum Gasteiger partial charge on any atom is 0.376 e. The van der Waals surface area contributed by atoms with Crippen LogP contribution >= 0.6 is 22.9 Å². The predicted octanol–water partition coefficient (Wildman–Crippen LogP) is 4.66. The molecule has 11 nitrogen and oxygen atoms in total. The van der Waals surface area contributed by atoms with Gasteiger partial charge in [-0.15, -0.1) is 0 Å². The minimum Gasteiger partial charge on any atom is -0.461 e. The topological polar surface area (TPSA) is 128 Å². The number of nitrogens with two attached hydrogens (primary N) is 1. The third-order valence-corrected chi connectivity index (χ3v) is 11.6. The number of ether oxygens (including phenoxy) is 1. The number of hydrogen-bond acceptors (Lipinski definition) is 11. The first kappa shape index (κ1) is 31.3. The highest BCUT2D eigenvalue weighted by atomic mass is 35.5. The zero-order chi connectivity index (χ0) is 33.2. The average molecular weight is 693 g/mol. The number of likely N-dealkylation sites (tertiary alicyclic amines) is 1. The lowest BCUT2D eigenvalue weighted by Crippen LogP contribution is -2.54. The zero-order valence-corrected chi connectivity index (χ0v) is 27.6. The summed E-state index contributed by atoms with van der Waals surface area (Å²) in [6.07, 6.45) is 7.16. The molecule has 2 aromatic heterocycles. The highest BCUT2D eigenvalue weighted by Crippen LogP contribution is 2.43. The second kappa shape index (κ2) is 12.1. The molecule has 0 saturated carbocycles. The van der Waals surface area contributed by atoms with Crippen molar-refractivity contribution >= 4 is 67.6 Å². The fourth-order valence-corrected chi connectivity index (χ4v) is 9.06. The van der Waals surface area contributed by atoms with Gasteiger partial charge < -0.3 is 15.4 Å². The Kier molecular flexibility index (Phi) is 7.90. The summed E-state index contributed by atoms with van der Waals surface area (Å²) in [5.41, 5.74) is 6.39. The van der Waals surface area contributed by atoms with Crippen molar-refractivity contribution in [2.24, 2.45) is 5.92 Å². The SMILES string of the molecule is N#CC1CCN(C2CN(c3nc(OCC45CCCN4CCC5)nc4c(F)c(-c5ccc(F)c6sc(N)nc56)c(Cl)cc34)CC=[N+]2C=O)C1. The number of nitriles is 1. The molecule has 4 aliphatic rings. The highest BCUT2D eigenvalue weighted by Gasteiger charge is 2.45. The van der Waals surface area contributed by atoms with Gasteiger partial charge in [0.05, 0.1) is 45.9 Å². The molecule has 0 aliphatic carbocycles. The number of fused-ring (bicyclic) bond motifs is 3. The van der Waals surface area contributed by atoms with Crippen LogP contribution in [0.5, 0.6) is 6.01 Å². The van der Waals surface area contributed by atoms with Crippen LogP contribution < -0.4 is 15.4 Å². The van der Waals surface area contributed by atoms with Crippen molar-refractivity contribution in [3.05, 3.63) is 34.9 Å². The molecule has 6 heterocycles. The molecule has 0 bridgehead atoms. The molecule has 3 saturated heterocycles. The van der Waals surface area contributed by atoms with Crippen molar-refractivity contribution in [2.75, 3.05) is 56.5 Å². The number of hydrogen-bond donors (Lipinski definition) is 1. The summed E-state index contributed by atoms with van der Waals surface area (Å²) >= 11 is 7.84. The van der Waals surface area contributed by atoms with E-state index in [0.29, 0.717) is 49.6 Å². The van der Waals surface area contributed by atoms with Gasteiger partial charge in [0.1, 0.15) is 23.8 Å². The number of benzene rings is 2. The van der Waals surface area contributed by atoms with Gasteiger partial charge in [-0.3, -0.25) is 4.90 Å². The second-order valence-electron chi connectivity index (χ2n) is 13.0. The minimum absolute atomic E-state index is 0.00219. The summed E-state index contributed by atoms with van der Waals surface area (Å²) in [6.45, 7) is 4.32. The van der Waals surface area contributed by atoms with Crippen molar-refractivity contribution in [3.63, 3.8) is 0 Å². The van der Waals surface area contributed by atoms with E-state index in [-0.39, 0.29) is 55.1 Å². The Morgan fingerprint density at radius 3 is 2.73 bits per heavy atom. The fraction of sp³-hybridized carbons (Fsp3) is 0.455. The molecule has 2 N–H and O–H groups in total. The van der Waals surface area contributed by atoms with Gasteiger partial charge in [0, 0.05) is 29.6 Å². The molecular weight excluding hydrogens is 660 g/mol. The largest absolute Gasteiger partial charge is 0.461 e. The Labute approximate surface area is 284 Å².